The van der Waals surface area contributed by atoms with Crippen LogP contribution in [0.25, 0.3) is 0 Å². The van der Waals surface area contributed by atoms with E-state index < -0.39 is 0 Å². The van der Waals surface area contributed by atoms with Gasteiger partial charge in [-0.3, -0.25) is 0 Å². The normalized spacial score (nSPS) is 11.5. The summed E-state index contributed by atoms with van der Waals surface area (Å²) in [4.78, 5) is 1.80. The maximum atomic E-state index is 8.94. The smallest absolute Gasteiger partial charge is 0.115 e. The van der Waals surface area contributed by atoms with Crippen LogP contribution in [0.5, 0.6) is 0 Å². The molecule has 0 saturated carbocycles. The highest BCUT2D eigenvalue weighted by Crippen LogP contribution is 2.24. The Kier molecular flexibility index (Phi) is 3.17. The van der Waals surface area contributed by atoms with Gasteiger partial charge in [-0.15, -0.1) is 0 Å². The van der Waals surface area contributed by atoms with E-state index in [1.165, 1.54) is 5.56 Å². The van der Waals surface area contributed by atoms with Crippen molar-refractivity contribution in [3.05, 3.63) is 29.8 Å². The monoisotopic (exact) mass is 193 g/mol. The first-order valence-electron chi connectivity index (χ1n) is 4.87. The summed E-state index contributed by atoms with van der Waals surface area (Å²) in [6, 6.07) is 8.30. The van der Waals surface area contributed by atoms with E-state index in [1.54, 1.807) is 4.90 Å². The molecule has 1 rings (SSSR count). The van der Waals surface area contributed by atoms with Gasteiger partial charge in [0.05, 0.1) is 0 Å². The van der Waals surface area contributed by atoms with Gasteiger partial charge < -0.3 is 10.0 Å². The van der Waals surface area contributed by atoms with Crippen molar-refractivity contribution in [3.8, 4) is 0 Å². The number of hydrogen-bond donors (Lipinski definition) is 1. The van der Waals surface area contributed by atoms with Crippen LogP contribution in [0.15, 0.2) is 24.3 Å². The third-order valence-corrected chi connectivity index (χ3v) is 2.39. The Hall–Kier alpha value is -1.02. The molecule has 0 spiro atoms. The van der Waals surface area contributed by atoms with Gasteiger partial charge in [-0.2, -0.15) is 0 Å². The molecule has 0 radical (unpaired) electrons. The zero-order valence-corrected chi connectivity index (χ0v) is 9.41. The molecule has 1 aromatic rings. The Morgan fingerprint density at radius 2 is 1.64 bits per heavy atom. The Balaban J connectivity index is 2.89. The first kappa shape index (κ1) is 11.1. The first-order valence-corrected chi connectivity index (χ1v) is 4.87. The average molecular weight is 193 g/mol. The maximum absolute atomic E-state index is 8.94. The molecule has 0 aliphatic rings. The summed E-state index contributed by atoms with van der Waals surface area (Å²) in [6.45, 7) is 6.63. The summed E-state index contributed by atoms with van der Waals surface area (Å²) in [5, 5.41) is 8.94. The van der Waals surface area contributed by atoms with Gasteiger partial charge in [-0.25, -0.2) is 0 Å². The van der Waals surface area contributed by atoms with Gasteiger partial charge in [0, 0.05) is 12.7 Å². The number of hydrogen-bond acceptors (Lipinski definition) is 2. The molecule has 0 heterocycles. The lowest BCUT2D eigenvalue weighted by Crippen LogP contribution is -2.18. The van der Waals surface area contributed by atoms with Gasteiger partial charge in [0.2, 0.25) is 0 Å². The minimum atomic E-state index is 0.0505. The highest BCUT2D eigenvalue weighted by Gasteiger charge is 2.13. The quantitative estimate of drug-likeness (QED) is 0.729. The number of benzene rings is 1. The summed E-state index contributed by atoms with van der Waals surface area (Å²) in [5.41, 5.74) is 2.55. The third kappa shape index (κ3) is 2.48. The minimum Gasteiger partial charge on any atom is -0.376 e. The van der Waals surface area contributed by atoms with Crippen LogP contribution in [0.3, 0.4) is 0 Å². The molecule has 0 amide bonds. The second-order valence-electron chi connectivity index (χ2n) is 4.64. The Morgan fingerprint density at radius 1 is 1.14 bits per heavy atom. The van der Waals surface area contributed by atoms with Crippen molar-refractivity contribution in [2.75, 3.05) is 18.7 Å². The maximum Gasteiger partial charge on any atom is 0.115 e. The van der Waals surface area contributed by atoms with E-state index >= 15 is 0 Å². The fourth-order valence-corrected chi connectivity index (χ4v) is 1.30. The van der Waals surface area contributed by atoms with E-state index in [0.29, 0.717) is 0 Å². The molecule has 0 atom stereocenters. The summed E-state index contributed by atoms with van der Waals surface area (Å²) in [7, 11) is 1.87. The molecule has 0 aliphatic heterocycles. The molecule has 1 N–H and O–H groups in total. The number of rotatable bonds is 2. The average Bonchev–Trinajstić information content (AvgIpc) is 2.15. The zero-order chi connectivity index (χ0) is 10.8. The second kappa shape index (κ2) is 4.01. The molecule has 0 bridgehead atoms. The van der Waals surface area contributed by atoms with Crippen LogP contribution in [0.2, 0.25) is 0 Å². The van der Waals surface area contributed by atoms with E-state index in [-0.39, 0.29) is 12.1 Å². The van der Waals surface area contributed by atoms with Crippen molar-refractivity contribution in [2.45, 2.75) is 26.2 Å². The molecule has 2 nitrogen and oxygen atoms in total. The fraction of sp³-hybridized carbons (Fsp3) is 0.500. The second-order valence-corrected chi connectivity index (χ2v) is 4.64. The van der Waals surface area contributed by atoms with Crippen LogP contribution in [-0.4, -0.2) is 18.9 Å². The van der Waals surface area contributed by atoms with Gasteiger partial charge >= 0.3 is 0 Å². The van der Waals surface area contributed by atoms with Crippen LogP contribution >= 0.6 is 0 Å². The molecule has 1 aromatic carbocycles. The molecule has 0 saturated heterocycles. The van der Waals surface area contributed by atoms with Gasteiger partial charge in [0.1, 0.15) is 6.73 Å². The minimum absolute atomic E-state index is 0.0505. The SMILES string of the molecule is CN(CO)c1ccc(C(C)(C)C)cc1. The molecule has 14 heavy (non-hydrogen) atoms. The molecule has 78 valence electrons. The van der Waals surface area contributed by atoms with Gasteiger partial charge in [-0.1, -0.05) is 32.9 Å². The predicted octanol–water partition coefficient (Wildman–Crippen LogP) is 2.37. The lowest BCUT2D eigenvalue weighted by atomic mass is 9.87. The number of aliphatic hydroxyl groups excluding tert-OH is 1. The van der Waals surface area contributed by atoms with Gasteiger partial charge in [0.15, 0.2) is 0 Å². The molecule has 0 aliphatic carbocycles. The van der Waals surface area contributed by atoms with Crippen LogP contribution in [0.1, 0.15) is 26.3 Å². The Bertz CT molecular complexity index is 284. The molecule has 2 heteroatoms. The predicted molar refractivity (Wildman–Crippen MR) is 60.6 cm³/mol. The van der Waals surface area contributed by atoms with E-state index in [9.17, 15) is 0 Å². The van der Waals surface area contributed by atoms with Crippen LogP contribution in [0.4, 0.5) is 5.69 Å². The third-order valence-electron chi connectivity index (χ3n) is 2.39. The Labute approximate surface area is 86.2 Å². The highest BCUT2D eigenvalue weighted by atomic mass is 16.3. The number of anilines is 1. The summed E-state index contributed by atoms with van der Waals surface area (Å²) in [5.74, 6) is 0. The molecule has 0 fully saturated rings. The van der Waals surface area contributed by atoms with Crippen LogP contribution in [0, 0.1) is 0 Å². The summed E-state index contributed by atoms with van der Waals surface area (Å²) < 4.78 is 0. The van der Waals surface area contributed by atoms with E-state index in [4.69, 9.17) is 5.11 Å². The van der Waals surface area contributed by atoms with Gasteiger partial charge in [0.25, 0.3) is 0 Å². The topological polar surface area (TPSA) is 23.5 Å². The standard InChI is InChI=1S/C12H19NO/c1-12(2,3)10-5-7-11(8-6-10)13(4)9-14/h5-8,14H,9H2,1-4H3. The largest absolute Gasteiger partial charge is 0.376 e. The van der Waals surface area contributed by atoms with Crippen molar-refractivity contribution in [3.63, 3.8) is 0 Å². The first-order chi connectivity index (χ1) is 6.45. The number of aliphatic hydroxyl groups is 1. The van der Waals surface area contributed by atoms with Crippen LogP contribution in [-0.2, 0) is 5.41 Å². The highest BCUT2D eigenvalue weighted by molar-refractivity contribution is 5.47. The summed E-state index contributed by atoms with van der Waals surface area (Å²) >= 11 is 0. The number of nitrogens with zero attached hydrogens (tertiary/aromatic N) is 1. The van der Waals surface area contributed by atoms with E-state index in [1.807, 2.05) is 19.2 Å². The molecule has 0 unspecified atom stereocenters. The van der Waals surface area contributed by atoms with E-state index in [2.05, 4.69) is 32.9 Å². The molecule has 0 aromatic heterocycles. The van der Waals surface area contributed by atoms with Crippen LogP contribution < -0.4 is 4.90 Å². The van der Waals surface area contributed by atoms with Crippen molar-refractivity contribution in [2.24, 2.45) is 0 Å². The fourth-order valence-electron chi connectivity index (χ4n) is 1.30. The van der Waals surface area contributed by atoms with Crippen molar-refractivity contribution < 1.29 is 5.11 Å². The van der Waals surface area contributed by atoms with Crippen molar-refractivity contribution >= 4 is 5.69 Å². The van der Waals surface area contributed by atoms with Crippen molar-refractivity contribution in [1.82, 2.24) is 0 Å². The molecular weight excluding hydrogens is 174 g/mol. The summed E-state index contributed by atoms with van der Waals surface area (Å²) in [6.07, 6.45) is 0. The lowest BCUT2D eigenvalue weighted by Gasteiger charge is -2.21. The Morgan fingerprint density at radius 3 is 2.00 bits per heavy atom. The van der Waals surface area contributed by atoms with Crippen molar-refractivity contribution in [1.29, 1.82) is 0 Å². The van der Waals surface area contributed by atoms with E-state index in [0.717, 1.165) is 5.69 Å². The molecular formula is C12H19NO. The lowest BCUT2D eigenvalue weighted by molar-refractivity contribution is 0.298. The zero-order valence-electron chi connectivity index (χ0n) is 9.41. The van der Waals surface area contributed by atoms with Gasteiger partial charge in [-0.05, 0) is 23.1 Å².